The molecule has 1 heterocycles. The summed E-state index contributed by atoms with van der Waals surface area (Å²) < 4.78 is 31.6. The van der Waals surface area contributed by atoms with Gasteiger partial charge in [0.25, 0.3) is 10.0 Å². The van der Waals surface area contributed by atoms with Crippen molar-refractivity contribution in [3.63, 3.8) is 0 Å². The molecule has 0 aliphatic heterocycles. The minimum absolute atomic E-state index is 0.0682. The van der Waals surface area contributed by atoms with Crippen molar-refractivity contribution in [1.29, 1.82) is 0 Å². The maximum atomic E-state index is 12.2. The molecule has 0 saturated carbocycles. The van der Waals surface area contributed by atoms with Crippen LogP contribution < -0.4 is 20.5 Å². The zero-order valence-corrected chi connectivity index (χ0v) is 13.1. The highest BCUT2D eigenvalue weighted by molar-refractivity contribution is 7.92. The third-order valence-corrected chi connectivity index (χ3v) is 3.99. The van der Waals surface area contributed by atoms with Crippen LogP contribution in [0.3, 0.4) is 0 Å². The molecule has 116 valence electrons. The molecule has 2 aromatic rings. The molecule has 2 rings (SSSR count). The molecule has 0 bridgehead atoms. The molecular weight excluding hydrogens is 326 g/mol. The first-order valence-corrected chi connectivity index (χ1v) is 7.87. The van der Waals surface area contributed by atoms with Crippen LogP contribution in [0.2, 0.25) is 0 Å². The minimum atomic E-state index is -3.76. The Labute approximate surface area is 132 Å². The largest absolute Gasteiger partial charge is 0.480 e. The summed E-state index contributed by atoms with van der Waals surface area (Å²) in [4.78, 5) is 0.0682. The SMILES string of the molecule is COc1ccc(NS(=O)(=O)c2ccc(NC(N)=S)cc2)nn1. The van der Waals surface area contributed by atoms with E-state index in [4.69, 9.17) is 22.7 Å². The Balaban J connectivity index is 2.16. The van der Waals surface area contributed by atoms with Crippen molar-refractivity contribution in [2.45, 2.75) is 4.90 Å². The summed E-state index contributed by atoms with van der Waals surface area (Å²) in [5.41, 5.74) is 5.93. The lowest BCUT2D eigenvalue weighted by Crippen LogP contribution is -2.19. The Morgan fingerprint density at radius 1 is 1.18 bits per heavy atom. The summed E-state index contributed by atoms with van der Waals surface area (Å²) in [6, 6.07) is 8.88. The highest BCUT2D eigenvalue weighted by Gasteiger charge is 2.15. The van der Waals surface area contributed by atoms with Gasteiger partial charge >= 0.3 is 0 Å². The molecule has 0 aliphatic carbocycles. The van der Waals surface area contributed by atoms with Crippen molar-refractivity contribution in [2.24, 2.45) is 5.73 Å². The molecule has 0 radical (unpaired) electrons. The molecule has 1 aromatic heterocycles. The number of thiocarbonyl (C=S) groups is 1. The number of nitrogens with zero attached hydrogens (tertiary/aromatic N) is 2. The predicted molar refractivity (Wildman–Crippen MR) is 86.2 cm³/mol. The fraction of sp³-hybridized carbons (Fsp3) is 0.0833. The van der Waals surface area contributed by atoms with Crippen LogP contribution in [0.25, 0.3) is 0 Å². The standard InChI is InChI=1S/C12H13N5O3S2/c1-20-11-7-6-10(15-16-11)17-22(18,19)9-4-2-8(3-5-9)14-12(13)21/h2-7H,1H3,(H,15,17)(H3,13,14,21). The average molecular weight is 339 g/mol. The van der Waals surface area contributed by atoms with Gasteiger partial charge in [-0.2, -0.15) is 0 Å². The van der Waals surface area contributed by atoms with E-state index in [9.17, 15) is 8.42 Å². The second kappa shape index (κ2) is 6.54. The maximum absolute atomic E-state index is 12.2. The van der Waals surface area contributed by atoms with Gasteiger partial charge in [0.05, 0.1) is 12.0 Å². The normalized spacial score (nSPS) is 10.8. The van der Waals surface area contributed by atoms with E-state index in [1.165, 1.54) is 31.4 Å². The van der Waals surface area contributed by atoms with Crippen LogP contribution in [0.15, 0.2) is 41.3 Å². The molecule has 10 heteroatoms. The van der Waals surface area contributed by atoms with Gasteiger partial charge in [-0.15, -0.1) is 10.2 Å². The zero-order chi connectivity index (χ0) is 16.2. The van der Waals surface area contributed by atoms with E-state index in [0.717, 1.165) is 0 Å². The van der Waals surface area contributed by atoms with Gasteiger partial charge in [-0.3, -0.25) is 4.72 Å². The number of aromatic nitrogens is 2. The first-order valence-electron chi connectivity index (χ1n) is 5.98. The fourth-order valence-corrected chi connectivity index (χ4v) is 2.65. The van der Waals surface area contributed by atoms with Gasteiger partial charge in [-0.05, 0) is 42.5 Å². The Hall–Kier alpha value is -2.46. The van der Waals surface area contributed by atoms with Crippen molar-refractivity contribution >= 4 is 38.9 Å². The number of nitrogens with two attached hydrogens (primary N) is 1. The second-order valence-corrected chi connectivity index (χ2v) is 6.20. The van der Waals surface area contributed by atoms with E-state index < -0.39 is 10.0 Å². The molecule has 4 N–H and O–H groups in total. The Morgan fingerprint density at radius 3 is 2.36 bits per heavy atom. The summed E-state index contributed by atoms with van der Waals surface area (Å²) in [6.07, 6.45) is 0. The highest BCUT2D eigenvalue weighted by Crippen LogP contribution is 2.17. The first kappa shape index (κ1) is 15.9. The Morgan fingerprint density at radius 2 is 1.86 bits per heavy atom. The van der Waals surface area contributed by atoms with Crippen molar-refractivity contribution in [3.8, 4) is 5.88 Å². The van der Waals surface area contributed by atoms with Gasteiger partial charge in [-0.25, -0.2) is 8.42 Å². The minimum Gasteiger partial charge on any atom is -0.480 e. The number of hydrogen-bond acceptors (Lipinski definition) is 6. The van der Waals surface area contributed by atoms with Gasteiger partial charge in [0.1, 0.15) is 0 Å². The maximum Gasteiger partial charge on any atom is 0.263 e. The van der Waals surface area contributed by atoms with Gasteiger partial charge in [0.2, 0.25) is 5.88 Å². The number of rotatable bonds is 5. The molecule has 0 aliphatic rings. The third-order valence-electron chi connectivity index (χ3n) is 2.52. The van der Waals surface area contributed by atoms with Gasteiger partial charge < -0.3 is 15.8 Å². The highest BCUT2D eigenvalue weighted by atomic mass is 32.2. The van der Waals surface area contributed by atoms with E-state index in [1.807, 2.05) is 0 Å². The summed E-state index contributed by atoms with van der Waals surface area (Å²) >= 11 is 4.70. The van der Waals surface area contributed by atoms with Crippen LogP contribution in [0.1, 0.15) is 0 Å². The number of nitrogens with one attached hydrogen (secondary N) is 2. The number of sulfonamides is 1. The predicted octanol–water partition coefficient (Wildman–Crippen LogP) is 0.941. The van der Waals surface area contributed by atoms with Crippen LogP contribution in [-0.4, -0.2) is 30.8 Å². The first-order chi connectivity index (χ1) is 10.4. The summed E-state index contributed by atoms with van der Waals surface area (Å²) in [5.74, 6) is 0.377. The number of ether oxygens (including phenoxy) is 1. The Kier molecular flexibility index (Phi) is 4.73. The van der Waals surface area contributed by atoms with Crippen molar-refractivity contribution in [2.75, 3.05) is 17.1 Å². The number of anilines is 2. The molecule has 0 atom stereocenters. The lowest BCUT2D eigenvalue weighted by Gasteiger charge is -2.08. The Bertz CT molecular complexity index is 760. The molecule has 0 spiro atoms. The summed E-state index contributed by atoms with van der Waals surface area (Å²) in [6.45, 7) is 0. The third kappa shape index (κ3) is 4.02. The monoisotopic (exact) mass is 339 g/mol. The molecule has 0 amide bonds. The smallest absolute Gasteiger partial charge is 0.263 e. The molecular formula is C12H13N5O3S2. The number of benzene rings is 1. The fourth-order valence-electron chi connectivity index (χ4n) is 1.54. The number of methoxy groups -OCH3 is 1. The van der Waals surface area contributed by atoms with E-state index >= 15 is 0 Å². The van der Waals surface area contributed by atoms with Crippen LogP contribution in [0, 0.1) is 0 Å². The topological polar surface area (TPSA) is 119 Å². The summed E-state index contributed by atoms with van der Waals surface area (Å²) in [5, 5.41) is 10.2. The molecule has 22 heavy (non-hydrogen) atoms. The average Bonchev–Trinajstić information content (AvgIpc) is 2.47. The van der Waals surface area contributed by atoms with Crippen molar-refractivity contribution < 1.29 is 13.2 Å². The second-order valence-electron chi connectivity index (χ2n) is 4.08. The van der Waals surface area contributed by atoms with Crippen LogP contribution >= 0.6 is 12.2 Å². The van der Waals surface area contributed by atoms with Crippen LogP contribution in [0.5, 0.6) is 5.88 Å². The van der Waals surface area contributed by atoms with Crippen molar-refractivity contribution in [1.82, 2.24) is 10.2 Å². The molecule has 0 unspecified atom stereocenters. The molecule has 8 nitrogen and oxygen atoms in total. The lowest BCUT2D eigenvalue weighted by molar-refractivity contribution is 0.392. The zero-order valence-electron chi connectivity index (χ0n) is 11.5. The van der Waals surface area contributed by atoms with Crippen LogP contribution in [-0.2, 0) is 10.0 Å². The van der Waals surface area contributed by atoms with E-state index in [2.05, 4.69) is 20.2 Å². The van der Waals surface area contributed by atoms with Crippen LogP contribution in [0.4, 0.5) is 11.5 Å². The molecule has 0 saturated heterocycles. The summed E-state index contributed by atoms with van der Waals surface area (Å²) in [7, 11) is -2.32. The van der Waals surface area contributed by atoms with Gasteiger partial charge in [0, 0.05) is 11.8 Å². The van der Waals surface area contributed by atoms with E-state index in [0.29, 0.717) is 5.69 Å². The van der Waals surface area contributed by atoms with Crippen molar-refractivity contribution in [3.05, 3.63) is 36.4 Å². The quantitative estimate of drug-likeness (QED) is 0.689. The van der Waals surface area contributed by atoms with E-state index in [-0.39, 0.29) is 21.7 Å². The number of hydrogen-bond donors (Lipinski definition) is 3. The van der Waals surface area contributed by atoms with Gasteiger partial charge in [-0.1, -0.05) is 0 Å². The molecule has 1 aromatic carbocycles. The van der Waals surface area contributed by atoms with Gasteiger partial charge in [0.15, 0.2) is 10.9 Å². The lowest BCUT2D eigenvalue weighted by atomic mass is 10.3. The van der Waals surface area contributed by atoms with E-state index in [1.54, 1.807) is 12.1 Å². The molecule has 0 fully saturated rings.